The summed E-state index contributed by atoms with van der Waals surface area (Å²) < 4.78 is 1.53. The quantitative estimate of drug-likeness (QED) is 0.511. The Morgan fingerprint density at radius 1 is 1.44 bits per heavy atom. The van der Waals surface area contributed by atoms with Gasteiger partial charge in [-0.05, 0) is 36.8 Å². The summed E-state index contributed by atoms with van der Waals surface area (Å²) in [6, 6.07) is 6.03. The van der Waals surface area contributed by atoms with Gasteiger partial charge in [-0.25, -0.2) is 4.68 Å². The van der Waals surface area contributed by atoms with Crippen LogP contribution in [0.4, 0.5) is 11.4 Å². The number of aryl methyl sites for hydroxylation is 1. The number of nitro groups is 1. The highest BCUT2D eigenvalue weighted by molar-refractivity contribution is 7.80. The van der Waals surface area contributed by atoms with Crippen LogP contribution >= 0.6 is 12.2 Å². The number of hydrogen-bond acceptors (Lipinski definition) is 4. The van der Waals surface area contributed by atoms with Crippen LogP contribution in [0.1, 0.15) is 5.56 Å². The molecule has 7 heteroatoms. The van der Waals surface area contributed by atoms with E-state index in [1.54, 1.807) is 24.5 Å². The molecule has 0 radical (unpaired) electrons. The average molecular weight is 262 g/mol. The zero-order valence-electron chi connectivity index (χ0n) is 9.53. The summed E-state index contributed by atoms with van der Waals surface area (Å²) in [4.78, 5) is 10.1. The molecule has 0 aliphatic carbocycles. The van der Waals surface area contributed by atoms with E-state index in [0.29, 0.717) is 10.8 Å². The lowest BCUT2D eigenvalue weighted by Crippen LogP contribution is -2.19. The van der Waals surface area contributed by atoms with Crippen molar-refractivity contribution in [2.75, 3.05) is 5.32 Å². The van der Waals surface area contributed by atoms with Gasteiger partial charge in [-0.2, -0.15) is 5.10 Å². The summed E-state index contributed by atoms with van der Waals surface area (Å²) in [6.45, 7) is 1.91. The summed E-state index contributed by atoms with van der Waals surface area (Å²) in [5.74, 6) is 0. The number of aromatic nitrogens is 2. The molecule has 0 aliphatic rings. The third-order valence-electron chi connectivity index (χ3n) is 2.25. The van der Waals surface area contributed by atoms with Gasteiger partial charge in [0.25, 0.3) is 5.69 Å². The summed E-state index contributed by atoms with van der Waals surface area (Å²) in [6.07, 6.45) is 3.49. The molecule has 0 spiro atoms. The Balaban J connectivity index is 2.10. The Hall–Kier alpha value is -2.28. The zero-order chi connectivity index (χ0) is 13.1. The SMILES string of the molecule is Cc1cnn(C(=S)Nc2ccc([N+](=O)[O-])cc2)c1. The van der Waals surface area contributed by atoms with E-state index in [0.717, 1.165) is 5.56 Å². The van der Waals surface area contributed by atoms with Crippen molar-refractivity contribution in [2.45, 2.75) is 6.92 Å². The Kier molecular flexibility index (Phi) is 3.33. The predicted molar refractivity (Wildman–Crippen MR) is 71.7 cm³/mol. The van der Waals surface area contributed by atoms with Gasteiger partial charge in [0.2, 0.25) is 0 Å². The topological polar surface area (TPSA) is 73.0 Å². The summed E-state index contributed by atoms with van der Waals surface area (Å²) in [7, 11) is 0. The Morgan fingerprint density at radius 3 is 2.61 bits per heavy atom. The highest BCUT2D eigenvalue weighted by Crippen LogP contribution is 2.15. The Morgan fingerprint density at radius 2 is 2.11 bits per heavy atom. The van der Waals surface area contributed by atoms with Gasteiger partial charge in [0.15, 0.2) is 5.11 Å². The van der Waals surface area contributed by atoms with Crippen molar-refractivity contribution in [3.63, 3.8) is 0 Å². The Labute approximate surface area is 108 Å². The summed E-state index contributed by atoms with van der Waals surface area (Å²) >= 11 is 5.16. The number of nitro benzene ring substituents is 1. The fraction of sp³-hybridized carbons (Fsp3) is 0.0909. The molecule has 2 rings (SSSR count). The zero-order valence-corrected chi connectivity index (χ0v) is 10.3. The monoisotopic (exact) mass is 262 g/mol. The first-order valence-corrected chi connectivity index (χ1v) is 5.54. The fourth-order valence-electron chi connectivity index (χ4n) is 1.37. The molecule has 1 aromatic carbocycles. The second-order valence-corrected chi connectivity index (χ2v) is 4.08. The van der Waals surface area contributed by atoms with Crippen molar-refractivity contribution in [3.8, 4) is 0 Å². The van der Waals surface area contributed by atoms with Gasteiger partial charge in [0.05, 0.1) is 11.1 Å². The van der Waals surface area contributed by atoms with E-state index >= 15 is 0 Å². The first-order valence-electron chi connectivity index (χ1n) is 5.13. The molecular weight excluding hydrogens is 252 g/mol. The van der Waals surface area contributed by atoms with Crippen LogP contribution in [0.25, 0.3) is 0 Å². The molecule has 0 atom stereocenters. The van der Waals surface area contributed by atoms with Crippen molar-refractivity contribution >= 4 is 28.7 Å². The van der Waals surface area contributed by atoms with Gasteiger partial charge in [-0.1, -0.05) is 0 Å². The molecule has 18 heavy (non-hydrogen) atoms. The molecule has 0 fully saturated rings. The van der Waals surface area contributed by atoms with E-state index in [9.17, 15) is 10.1 Å². The molecule has 1 aromatic heterocycles. The molecule has 92 valence electrons. The number of rotatable bonds is 2. The number of nitrogens with zero attached hydrogens (tertiary/aromatic N) is 3. The smallest absolute Gasteiger partial charge is 0.269 e. The van der Waals surface area contributed by atoms with E-state index in [1.807, 2.05) is 6.92 Å². The molecule has 0 amide bonds. The molecule has 0 saturated heterocycles. The van der Waals surface area contributed by atoms with Crippen LogP contribution < -0.4 is 5.32 Å². The van der Waals surface area contributed by atoms with Crippen molar-refractivity contribution in [2.24, 2.45) is 0 Å². The standard InChI is InChI=1S/C11H10N4O2S/c1-8-6-12-14(7-8)11(18)13-9-2-4-10(5-3-9)15(16)17/h2-7H,1H3,(H,13,18). The van der Waals surface area contributed by atoms with Gasteiger partial charge >= 0.3 is 0 Å². The van der Waals surface area contributed by atoms with Crippen molar-refractivity contribution in [1.82, 2.24) is 9.78 Å². The molecule has 1 heterocycles. The van der Waals surface area contributed by atoms with E-state index in [1.165, 1.54) is 16.8 Å². The minimum Gasteiger partial charge on any atom is -0.331 e. The highest BCUT2D eigenvalue weighted by Gasteiger charge is 2.06. The van der Waals surface area contributed by atoms with Crippen LogP contribution in [0, 0.1) is 17.0 Å². The number of benzene rings is 1. The maximum atomic E-state index is 10.5. The normalized spacial score (nSPS) is 10.1. The third-order valence-corrected chi connectivity index (χ3v) is 2.54. The fourth-order valence-corrected chi connectivity index (χ4v) is 1.59. The first-order chi connectivity index (χ1) is 8.56. The van der Waals surface area contributed by atoms with E-state index in [2.05, 4.69) is 10.4 Å². The second kappa shape index (κ2) is 4.92. The Bertz CT molecular complexity index is 591. The molecule has 2 aromatic rings. The molecule has 0 aliphatic heterocycles. The largest absolute Gasteiger partial charge is 0.331 e. The van der Waals surface area contributed by atoms with Crippen molar-refractivity contribution in [3.05, 3.63) is 52.3 Å². The molecule has 1 N–H and O–H groups in total. The highest BCUT2D eigenvalue weighted by atomic mass is 32.1. The van der Waals surface area contributed by atoms with Crippen LogP contribution in [0.2, 0.25) is 0 Å². The van der Waals surface area contributed by atoms with Crippen molar-refractivity contribution < 1.29 is 4.92 Å². The molecule has 0 bridgehead atoms. The van der Waals surface area contributed by atoms with Gasteiger partial charge in [-0.15, -0.1) is 0 Å². The first kappa shape index (κ1) is 12.2. The van der Waals surface area contributed by atoms with Gasteiger partial charge in [-0.3, -0.25) is 10.1 Å². The van der Waals surface area contributed by atoms with Crippen LogP contribution in [0.15, 0.2) is 36.7 Å². The number of thiocarbonyl (C=S) groups is 1. The second-order valence-electron chi connectivity index (χ2n) is 3.70. The molecule has 6 nitrogen and oxygen atoms in total. The van der Waals surface area contributed by atoms with E-state index in [-0.39, 0.29) is 5.69 Å². The number of hydrogen-bond donors (Lipinski definition) is 1. The third kappa shape index (κ3) is 2.69. The number of anilines is 1. The summed E-state index contributed by atoms with van der Waals surface area (Å²) in [5, 5.41) is 17.9. The van der Waals surface area contributed by atoms with Gasteiger partial charge in [0, 0.05) is 24.0 Å². The minimum atomic E-state index is -0.445. The van der Waals surface area contributed by atoms with Crippen LogP contribution in [-0.4, -0.2) is 19.8 Å². The number of non-ortho nitro benzene ring substituents is 1. The van der Waals surface area contributed by atoms with Crippen LogP contribution in [0.5, 0.6) is 0 Å². The average Bonchev–Trinajstić information content (AvgIpc) is 2.76. The van der Waals surface area contributed by atoms with E-state index in [4.69, 9.17) is 12.2 Å². The molecule has 0 saturated carbocycles. The lowest BCUT2D eigenvalue weighted by Gasteiger charge is -2.07. The van der Waals surface area contributed by atoms with Gasteiger partial charge < -0.3 is 5.32 Å². The predicted octanol–water partition coefficient (Wildman–Crippen LogP) is 2.34. The maximum Gasteiger partial charge on any atom is 0.269 e. The molecular formula is C11H10N4O2S. The number of nitrogens with one attached hydrogen (secondary N) is 1. The van der Waals surface area contributed by atoms with Crippen LogP contribution in [-0.2, 0) is 0 Å². The van der Waals surface area contributed by atoms with E-state index < -0.39 is 4.92 Å². The van der Waals surface area contributed by atoms with Crippen LogP contribution in [0.3, 0.4) is 0 Å². The lowest BCUT2D eigenvalue weighted by atomic mass is 10.3. The summed E-state index contributed by atoms with van der Waals surface area (Å²) in [5.41, 5.74) is 1.73. The lowest BCUT2D eigenvalue weighted by molar-refractivity contribution is -0.384. The van der Waals surface area contributed by atoms with Crippen molar-refractivity contribution in [1.29, 1.82) is 0 Å². The van der Waals surface area contributed by atoms with Gasteiger partial charge in [0.1, 0.15) is 0 Å². The minimum absolute atomic E-state index is 0.0430. The molecule has 0 unspecified atom stereocenters. The maximum absolute atomic E-state index is 10.5.